The number of ether oxygens (including phenoxy) is 1. The second-order valence-corrected chi connectivity index (χ2v) is 6.61. The van der Waals surface area contributed by atoms with Crippen LogP contribution in [0.5, 0.6) is 0 Å². The Bertz CT molecular complexity index is 297. The van der Waals surface area contributed by atoms with E-state index in [2.05, 4.69) is 12.2 Å². The number of carbonyl (C=O) groups is 1. The van der Waals surface area contributed by atoms with Gasteiger partial charge in [0, 0.05) is 12.1 Å². The van der Waals surface area contributed by atoms with Gasteiger partial charge < -0.3 is 10.1 Å². The molecule has 0 aliphatic heterocycles. The van der Waals surface area contributed by atoms with E-state index in [4.69, 9.17) is 4.74 Å². The highest BCUT2D eigenvalue weighted by Gasteiger charge is 2.29. The highest BCUT2D eigenvalue weighted by atomic mass is 16.5. The molecule has 2 fully saturated rings. The molecule has 2 saturated carbocycles. The van der Waals surface area contributed by atoms with E-state index in [-0.39, 0.29) is 11.9 Å². The first-order valence-corrected chi connectivity index (χ1v) is 8.65. The van der Waals surface area contributed by atoms with Crippen molar-refractivity contribution >= 4 is 5.97 Å². The standard InChI is InChI=1S/C17H31NO2/c1-3-13-6-5-7-16(12-13)18-15-10-8-14(9-11-15)17(19)20-4-2/h13-16,18H,3-12H2,1-2H3. The molecule has 0 amide bonds. The van der Waals surface area contributed by atoms with Crippen molar-refractivity contribution < 1.29 is 9.53 Å². The van der Waals surface area contributed by atoms with Gasteiger partial charge in [-0.25, -0.2) is 0 Å². The van der Waals surface area contributed by atoms with Crippen LogP contribution in [-0.4, -0.2) is 24.7 Å². The zero-order valence-corrected chi connectivity index (χ0v) is 13.2. The van der Waals surface area contributed by atoms with Crippen LogP contribution in [0.25, 0.3) is 0 Å². The lowest BCUT2D eigenvalue weighted by atomic mass is 9.82. The third kappa shape index (κ3) is 4.47. The Morgan fingerprint density at radius 1 is 1.05 bits per heavy atom. The molecule has 116 valence electrons. The summed E-state index contributed by atoms with van der Waals surface area (Å²) in [6.45, 7) is 4.72. The predicted molar refractivity (Wildman–Crippen MR) is 81.6 cm³/mol. The van der Waals surface area contributed by atoms with Gasteiger partial charge in [0.25, 0.3) is 0 Å². The van der Waals surface area contributed by atoms with E-state index in [0.717, 1.165) is 37.6 Å². The minimum atomic E-state index is 0.0228. The van der Waals surface area contributed by atoms with Gasteiger partial charge in [-0.15, -0.1) is 0 Å². The molecule has 1 N–H and O–H groups in total. The number of hydrogen-bond donors (Lipinski definition) is 1. The molecule has 0 saturated heterocycles. The van der Waals surface area contributed by atoms with E-state index in [1.54, 1.807) is 0 Å². The Labute approximate surface area is 123 Å². The topological polar surface area (TPSA) is 38.3 Å². The van der Waals surface area contributed by atoms with E-state index in [9.17, 15) is 4.79 Å². The number of hydrogen-bond acceptors (Lipinski definition) is 3. The predicted octanol–water partition coefficient (Wildman–Crippen LogP) is 3.67. The van der Waals surface area contributed by atoms with Crippen LogP contribution in [0, 0.1) is 11.8 Å². The molecule has 0 aromatic heterocycles. The minimum Gasteiger partial charge on any atom is -0.466 e. The molecular formula is C17H31NO2. The van der Waals surface area contributed by atoms with Crippen LogP contribution in [0.1, 0.15) is 71.6 Å². The Morgan fingerprint density at radius 2 is 1.80 bits per heavy atom. The number of rotatable bonds is 5. The Hall–Kier alpha value is -0.570. The Morgan fingerprint density at radius 3 is 2.45 bits per heavy atom. The first-order chi connectivity index (χ1) is 9.72. The smallest absolute Gasteiger partial charge is 0.308 e. The fourth-order valence-electron chi connectivity index (χ4n) is 3.90. The van der Waals surface area contributed by atoms with E-state index < -0.39 is 0 Å². The van der Waals surface area contributed by atoms with Gasteiger partial charge in [-0.3, -0.25) is 4.79 Å². The van der Waals surface area contributed by atoms with Crippen LogP contribution in [0.2, 0.25) is 0 Å². The van der Waals surface area contributed by atoms with Crippen molar-refractivity contribution in [1.82, 2.24) is 5.32 Å². The molecule has 3 heteroatoms. The van der Waals surface area contributed by atoms with Gasteiger partial charge in [-0.05, 0) is 51.4 Å². The average molecular weight is 281 g/mol. The quantitative estimate of drug-likeness (QED) is 0.781. The van der Waals surface area contributed by atoms with Crippen molar-refractivity contribution in [3.05, 3.63) is 0 Å². The lowest BCUT2D eigenvalue weighted by Crippen LogP contribution is -2.43. The second-order valence-electron chi connectivity index (χ2n) is 6.61. The van der Waals surface area contributed by atoms with Gasteiger partial charge in [-0.2, -0.15) is 0 Å². The molecule has 0 bridgehead atoms. The maximum Gasteiger partial charge on any atom is 0.308 e. The Balaban J connectivity index is 1.70. The van der Waals surface area contributed by atoms with Gasteiger partial charge in [-0.1, -0.05) is 26.2 Å². The normalized spacial score (nSPS) is 34.7. The summed E-state index contributed by atoms with van der Waals surface area (Å²) < 4.78 is 5.14. The second kappa shape index (κ2) is 8.02. The van der Waals surface area contributed by atoms with E-state index in [1.165, 1.54) is 32.1 Å². The average Bonchev–Trinajstić information content (AvgIpc) is 2.48. The number of carbonyl (C=O) groups excluding carboxylic acids is 1. The molecule has 0 aromatic carbocycles. The first-order valence-electron chi connectivity index (χ1n) is 8.65. The van der Waals surface area contributed by atoms with Crippen molar-refractivity contribution in [2.24, 2.45) is 11.8 Å². The molecule has 2 atom stereocenters. The molecule has 3 nitrogen and oxygen atoms in total. The van der Waals surface area contributed by atoms with E-state index in [0.29, 0.717) is 12.6 Å². The van der Waals surface area contributed by atoms with Crippen LogP contribution in [-0.2, 0) is 9.53 Å². The summed E-state index contributed by atoms with van der Waals surface area (Å²) >= 11 is 0. The van der Waals surface area contributed by atoms with Gasteiger partial charge in [0.1, 0.15) is 0 Å². The fraction of sp³-hybridized carbons (Fsp3) is 0.941. The van der Waals surface area contributed by atoms with Crippen LogP contribution in [0.15, 0.2) is 0 Å². The van der Waals surface area contributed by atoms with Crippen molar-refractivity contribution in [1.29, 1.82) is 0 Å². The van der Waals surface area contributed by atoms with Crippen LogP contribution in [0.4, 0.5) is 0 Å². The molecule has 20 heavy (non-hydrogen) atoms. The zero-order chi connectivity index (χ0) is 14.4. The highest BCUT2D eigenvalue weighted by molar-refractivity contribution is 5.72. The molecule has 0 heterocycles. The summed E-state index contributed by atoms with van der Waals surface area (Å²) in [5.74, 6) is 1.11. The largest absolute Gasteiger partial charge is 0.466 e. The van der Waals surface area contributed by atoms with E-state index in [1.807, 2.05) is 6.92 Å². The number of esters is 1. The molecule has 2 aliphatic carbocycles. The molecular weight excluding hydrogens is 250 g/mol. The fourth-order valence-corrected chi connectivity index (χ4v) is 3.90. The van der Waals surface area contributed by atoms with Crippen molar-refractivity contribution in [2.45, 2.75) is 83.7 Å². The molecule has 0 aromatic rings. The zero-order valence-electron chi connectivity index (χ0n) is 13.2. The lowest BCUT2D eigenvalue weighted by Gasteiger charge is -2.35. The van der Waals surface area contributed by atoms with Crippen molar-refractivity contribution in [3.8, 4) is 0 Å². The van der Waals surface area contributed by atoms with Gasteiger partial charge in [0.15, 0.2) is 0 Å². The van der Waals surface area contributed by atoms with Gasteiger partial charge in [0.2, 0.25) is 0 Å². The molecule has 0 radical (unpaired) electrons. The summed E-state index contributed by atoms with van der Waals surface area (Å²) in [6.07, 6.45) is 11.1. The summed E-state index contributed by atoms with van der Waals surface area (Å²) in [5, 5.41) is 3.86. The minimum absolute atomic E-state index is 0.0228. The van der Waals surface area contributed by atoms with Crippen LogP contribution < -0.4 is 5.32 Å². The van der Waals surface area contributed by atoms with Crippen molar-refractivity contribution in [2.75, 3.05) is 6.61 Å². The lowest BCUT2D eigenvalue weighted by molar-refractivity contribution is -0.149. The Kier molecular flexibility index (Phi) is 6.34. The maximum atomic E-state index is 11.7. The first kappa shape index (κ1) is 15.8. The van der Waals surface area contributed by atoms with E-state index >= 15 is 0 Å². The van der Waals surface area contributed by atoms with Gasteiger partial charge >= 0.3 is 5.97 Å². The SMILES string of the molecule is CCOC(=O)C1CCC(NC2CCCC(CC)C2)CC1. The van der Waals surface area contributed by atoms with Gasteiger partial charge in [0.05, 0.1) is 12.5 Å². The molecule has 2 aliphatic rings. The van der Waals surface area contributed by atoms with Crippen LogP contribution >= 0.6 is 0 Å². The third-order valence-electron chi connectivity index (χ3n) is 5.18. The molecule has 0 spiro atoms. The summed E-state index contributed by atoms with van der Waals surface area (Å²) in [7, 11) is 0. The maximum absolute atomic E-state index is 11.7. The summed E-state index contributed by atoms with van der Waals surface area (Å²) in [4.78, 5) is 11.7. The summed E-state index contributed by atoms with van der Waals surface area (Å²) in [6, 6.07) is 1.35. The summed E-state index contributed by atoms with van der Waals surface area (Å²) in [5.41, 5.74) is 0. The van der Waals surface area contributed by atoms with Crippen molar-refractivity contribution in [3.63, 3.8) is 0 Å². The monoisotopic (exact) mass is 281 g/mol. The highest BCUT2D eigenvalue weighted by Crippen LogP contribution is 2.30. The molecule has 2 unspecified atom stereocenters. The van der Waals surface area contributed by atoms with Crippen LogP contribution in [0.3, 0.4) is 0 Å². The third-order valence-corrected chi connectivity index (χ3v) is 5.18. The number of nitrogens with one attached hydrogen (secondary N) is 1. The molecule has 2 rings (SSSR count).